The molecule has 4 heteroatoms. The van der Waals surface area contributed by atoms with Crippen molar-refractivity contribution in [3.05, 3.63) is 29.8 Å². The molecule has 1 aliphatic carbocycles. The first-order valence-corrected chi connectivity index (χ1v) is 5.68. The molecular formula is C13H14N2O2. The molecule has 1 saturated carbocycles. The van der Waals surface area contributed by atoms with E-state index < -0.39 is 5.54 Å². The van der Waals surface area contributed by atoms with Crippen LogP contribution in [-0.4, -0.2) is 16.6 Å². The fourth-order valence-electron chi connectivity index (χ4n) is 2.15. The zero-order valence-electron chi connectivity index (χ0n) is 9.44. The lowest BCUT2D eigenvalue weighted by molar-refractivity contribution is 0.0920. The minimum Gasteiger partial charge on any atom is -0.508 e. The average Bonchev–Trinajstić information content (AvgIpc) is 2.79. The van der Waals surface area contributed by atoms with E-state index in [9.17, 15) is 4.79 Å². The van der Waals surface area contributed by atoms with Gasteiger partial charge in [0.15, 0.2) is 0 Å². The highest BCUT2D eigenvalue weighted by atomic mass is 16.3. The number of benzene rings is 1. The summed E-state index contributed by atoms with van der Waals surface area (Å²) in [5.41, 5.74) is -0.237. The molecule has 0 aromatic heterocycles. The summed E-state index contributed by atoms with van der Waals surface area (Å²) in [6.07, 6.45) is 3.38. The Bertz CT molecular complexity index is 453. The number of carbonyl (C=O) groups excluding carboxylic acids is 1. The van der Waals surface area contributed by atoms with Crippen molar-refractivity contribution in [2.75, 3.05) is 0 Å². The summed E-state index contributed by atoms with van der Waals surface area (Å²) in [6, 6.07) is 8.22. The number of nitrogens with one attached hydrogen (secondary N) is 1. The molecule has 0 unspecified atom stereocenters. The number of phenols is 1. The molecule has 2 rings (SSSR count). The number of hydrogen-bond acceptors (Lipinski definition) is 3. The minimum absolute atomic E-state index is 0.123. The number of amides is 1. The molecule has 1 aromatic rings. The molecule has 17 heavy (non-hydrogen) atoms. The van der Waals surface area contributed by atoms with Crippen LogP contribution < -0.4 is 5.32 Å². The Morgan fingerprint density at radius 1 is 1.29 bits per heavy atom. The normalized spacial score (nSPS) is 17.4. The van der Waals surface area contributed by atoms with Crippen LogP contribution in [0.1, 0.15) is 36.0 Å². The van der Waals surface area contributed by atoms with E-state index in [-0.39, 0.29) is 11.7 Å². The molecule has 1 aromatic carbocycles. The maximum atomic E-state index is 11.9. The first kappa shape index (κ1) is 11.5. The summed E-state index contributed by atoms with van der Waals surface area (Å²) < 4.78 is 0. The van der Waals surface area contributed by atoms with Gasteiger partial charge in [-0.15, -0.1) is 0 Å². The van der Waals surface area contributed by atoms with E-state index in [1.807, 2.05) is 0 Å². The highest BCUT2D eigenvalue weighted by Crippen LogP contribution is 2.29. The van der Waals surface area contributed by atoms with Crippen molar-refractivity contribution in [2.45, 2.75) is 31.2 Å². The van der Waals surface area contributed by atoms with Gasteiger partial charge in [-0.3, -0.25) is 4.79 Å². The second-order valence-corrected chi connectivity index (χ2v) is 4.40. The monoisotopic (exact) mass is 230 g/mol. The molecule has 4 nitrogen and oxygen atoms in total. The Morgan fingerprint density at radius 2 is 1.88 bits per heavy atom. The maximum absolute atomic E-state index is 11.9. The molecule has 0 spiro atoms. The Kier molecular flexibility index (Phi) is 3.01. The number of hydrogen-bond donors (Lipinski definition) is 2. The fourth-order valence-corrected chi connectivity index (χ4v) is 2.15. The predicted molar refractivity (Wildman–Crippen MR) is 62.4 cm³/mol. The standard InChI is InChI=1S/C13H14N2O2/c14-9-13(7-1-2-8-13)15-12(17)10-3-5-11(16)6-4-10/h3-6,16H,1-2,7-8H2,(H,15,17). The predicted octanol–water partition coefficient (Wildman–Crippen LogP) is 1.96. The Morgan fingerprint density at radius 3 is 2.41 bits per heavy atom. The third-order valence-electron chi connectivity index (χ3n) is 3.15. The van der Waals surface area contributed by atoms with Crippen LogP contribution in [-0.2, 0) is 0 Å². The van der Waals surface area contributed by atoms with Crippen molar-refractivity contribution >= 4 is 5.91 Å². The van der Waals surface area contributed by atoms with Crippen LogP contribution in [0.4, 0.5) is 0 Å². The van der Waals surface area contributed by atoms with E-state index in [1.54, 1.807) is 12.1 Å². The lowest BCUT2D eigenvalue weighted by atomic mass is 9.99. The third kappa shape index (κ3) is 2.39. The zero-order valence-corrected chi connectivity index (χ0v) is 9.44. The van der Waals surface area contributed by atoms with Gasteiger partial charge in [-0.1, -0.05) is 0 Å². The van der Waals surface area contributed by atoms with Crippen molar-refractivity contribution in [3.8, 4) is 11.8 Å². The number of nitrogens with zero attached hydrogens (tertiary/aromatic N) is 1. The van der Waals surface area contributed by atoms with Crippen LogP contribution in [0.5, 0.6) is 5.75 Å². The highest BCUT2D eigenvalue weighted by molar-refractivity contribution is 5.95. The molecule has 1 amide bonds. The Labute approximate surface area is 99.9 Å². The molecule has 0 saturated heterocycles. The van der Waals surface area contributed by atoms with Crippen LogP contribution >= 0.6 is 0 Å². The molecule has 1 fully saturated rings. The van der Waals surface area contributed by atoms with Gasteiger partial charge in [0.1, 0.15) is 11.3 Å². The number of phenolic OH excluding ortho intramolecular Hbond substituents is 1. The quantitative estimate of drug-likeness (QED) is 0.815. The van der Waals surface area contributed by atoms with Crippen LogP contribution in [0.25, 0.3) is 0 Å². The van der Waals surface area contributed by atoms with Crippen molar-refractivity contribution in [1.29, 1.82) is 5.26 Å². The molecule has 1 aliphatic rings. The second-order valence-electron chi connectivity index (χ2n) is 4.40. The Balaban J connectivity index is 2.11. The molecule has 0 radical (unpaired) electrons. The van der Waals surface area contributed by atoms with E-state index in [0.717, 1.165) is 12.8 Å². The van der Waals surface area contributed by atoms with Gasteiger partial charge in [0.25, 0.3) is 5.91 Å². The van der Waals surface area contributed by atoms with E-state index in [2.05, 4.69) is 11.4 Å². The summed E-state index contributed by atoms with van der Waals surface area (Å²) in [7, 11) is 0. The number of carbonyl (C=O) groups is 1. The topological polar surface area (TPSA) is 73.1 Å². The zero-order chi connectivity index (χ0) is 12.3. The summed E-state index contributed by atoms with van der Waals surface area (Å²) in [5, 5.41) is 21.1. The van der Waals surface area contributed by atoms with Crippen molar-refractivity contribution < 1.29 is 9.90 Å². The first-order chi connectivity index (χ1) is 8.15. The molecule has 0 atom stereocenters. The van der Waals surface area contributed by atoms with E-state index >= 15 is 0 Å². The maximum Gasteiger partial charge on any atom is 0.252 e. The van der Waals surface area contributed by atoms with Crippen molar-refractivity contribution in [1.82, 2.24) is 5.32 Å². The molecule has 2 N–H and O–H groups in total. The van der Waals surface area contributed by atoms with Crippen molar-refractivity contribution in [3.63, 3.8) is 0 Å². The largest absolute Gasteiger partial charge is 0.508 e. The number of aromatic hydroxyl groups is 1. The van der Waals surface area contributed by atoms with Crippen LogP contribution in [0.2, 0.25) is 0 Å². The summed E-state index contributed by atoms with van der Waals surface area (Å²) in [6.45, 7) is 0. The fraction of sp³-hybridized carbons (Fsp3) is 0.385. The van der Waals surface area contributed by atoms with Gasteiger partial charge in [-0.2, -0.15) is 5.26 Å². The average molecular weight is 230 g/mol. The molecule has 88 valence electrons. The SMILES string of the molecule is N#CC1(NC(=O)c2ccc(O)cc2)CCCC1. The number of nitriles is 1. The summed E-state index contributed by atoms with van der Waals surface area (Å²) in [5.74, 6) is -0.133. The molecule has 0 heterocycles. The summed E-state index contributed by atoms with van der Waals surface area (Å²) >= 11 is 0. The van der Waals surface area contributed by atoms with Gasteiger partial charge < -0.3 is 10.4 Å². The van der Waals surface area contributed by atoms with E-state index in [0.29, 0.717) is 18.4 Å². The molecular weight excluding hydrogens is 216 g/mol. The van der Waals surface area contributed by atoms with Gasteiger partial charge >= 0.3 is 0 Å². The van der Waals surface area contributed by atoms with Crippen LogP contribution in [0.15, 0.2) is 24.3 Å². The van der Waals surface area contributed by atoms with E-state index in [4.69, 9.17) is 10.4 Å². The third-order valence-corrected chi connectivity index (χ3v) is 3.15. The van der Waals surface area contributed by atoms with Crippen molar-refractivity contribution in [2.24, 2.45) is 0 Å². The van der Waals surface area contributed by atoms with Gasteiger partial charge in [0.05, 0.1) is 6.07 Å². The van der Waals surface area contributed by atoms with Crippen LogP contribution in [0, 0.1) is 11.3 Å². The number of rotatable bonds is 2. The van der Waals surface area contributed by atoms with Gasteiger partial charge in [0.2, 0.25) is 0 Å². The summed E-state index contributed by atoms with van der Waals surface area (Å²) in [4.78, 5) is 11.9. The lowest BCUT2D eigenvalue weighted by Gasteiger charge is -2.21. The highest BCUT2D eigenvalue weighted by Gasteiger charge is 2.35. The van der Waals surface area contributed by atoms with E-state index in [1.165, 1.54) is 12.1 Å². The Hall–Kier alpha value is -2.02. The van der Waals surface area contributed by atoms with Gasteiger partial charge in [-0.25, -0.2) is 0 Å². The minimum atomic E-state index is -0.699. The lowest BCUT2D eigenvalue weighted by Crippen LogP contribution is -2.45. The van der Waals surface area contributed by atoms with Gasteiger partial charge in [-0.05, 0) is 49.9 Å². The van der Waals surface area contributed by atoms with Crippen LogP contribution in [0.3, 0.4) is 0 Å². The smallest absolute Gasteiger partial charge is 0.252 e. The molecule has 0 aliphatic heterocycles. The molecule has 0 bridgehead atoms. The first-order valence-electron chi connectivity index (χ1n) is 5.68. The van der Waals surface area contributed by atoms with Gasteiger partial charge in [0, 0.05) is 5.56 Å². The second kappa shape index (κ2) is 4.46.